The summed E-state index contributed by atoms with van der Waals surface area (Å²) in [6.45, 7) is 6.65. The molecular weight excluding hydrogens is 853 g/mol. The van der Waals surface area contributed by atoms with Crippen molar-refractivity contribution >= 4 is 17.9 Å². The number of allylic oxidation sites excluding steroid dienone is 8. The van der Waals surface area contributed by atoms with Crippen LogP contribution >= 0.6 is 0 Å². The quantitative estimate of drug-likeness (QED) is 0.0262. The van der Waals surface area contributed by atoms with E-state index in [1.54, 1.807) is 0 Å². The molecule has 0 aromatic rings. The van der Waals surface area contributed by atoms with Gasteiger partial charge in [0.05, 0.1) is 0 Å². The van der Waals surface area contributed by atoms with Crippen molar-refractivity contribution in [3.8, 4) is 0 Å². The molecule has 6 nitrogen and oxygen atoms in total. The lowest BCUT2D eigenvalue weighted by molar-refractivity contribution is -0.167. The van der Waals surface area contributed by atoms with Crippen LogP contribution in [-0.4, -0.2) is 37.2 Å². The van der Waals surface area contributed by atoms with E-state index in [0.717, 1.165) is 96.3 Å². The van der Waals surface area contributed by atoms with Gasteiger partial charge in [0.15, 0.2) is 6.10 Å². The molecule has 0 aromatic heterocycles. The molecule has 0 amide bonds. The largest absolute Gasteiger partial charge is 0.462 e. The third-order valence-corrected chi connectivity index (χ3v) is 13.4. The van der Waals surface area contributed by atoms with Crippen molar-refractivity contribution in [3.63, 3.8) is 0 Å². The highest BCUT2D eigenvalue weighted by atomic mass is 16.6. The molecular formula is C63H114O6. The third kappa shape index (κ3) is 56.2. The molecule has 0 rings (SSSR count). The zero-order valence-corrected chi connectivity index (χ0v) is 46.1. The molecule has 0 saturated heterocycles. The van der Waals surface area contributed by atoms with Crippen LogP contribution in [0, 0.1) is 0 Å². The van der Waals surface area contributed by atoms with Crippen LogP contribution in [0.4, 0.5) is 0 Å². The van der Waals surface area contributed by atoms with Gasteiger partial charge in [-0.15, -0.1) is 0 Å². The molecule has 0 N–H and O–H groups in total. The minimum atomic E-state index is -0.786. The Bertz CT molecular complexity index is 1200. The second-order valence-corrected chi connectivity index (χ2v) is 20.3. The summed E-state index contributed by atoms with van der Waals surface area (Å²) in [7, 11) is 0. The lowest BCUT2D eigenvalue weighted by Gasteiger charge is -2.18. The van der Waals surface area contributed by atoms with Gasteiger partial charge in [-0.3, -0.25) is 14.4 Å². The number of carbonyl (C=O) groups excluding carboxylic acids is 3. The normalized spacial score (nSPS) is 12.3. The molecule has 0 fully saturated rings. The van der Waals surface area contributed by atoms with Gasteiger partial charge in [-0.2, -0.15) is 0 Å². The zero-order chi connectivity index (χ0) is 50.0. The molecule has 0 bridgehead atoms. The molecule has 402 valence electrons. The molecule has 6 heteroatoms. The SMILES string of the molecule is CCCCCCCCC/C=C\C=C/CCCCCCCC(=O)OCC(COC(=O)CCCCCCCCCCCCCCCCC)OC(=O)CCCCCCC/C=C\C=C/CCCCCCCCC. The van der Waals surface area contributed by atoms with E-state index >= 15 is 0 Å². The number of carbonyl (C=O) groups is 3. The van der Waals surface area contributed by atoms with Gasteiger partial charge in [0, 0.05) is 19.3 Å². The Balaban J connectivity index is 4.41. The number of hydrogen-bond donors (Lipinski definition) is 0. The van der Waals surface area contributed by atoms with Crippen LogP contribution in [-0.2, 0) is 28.6 Å². The van der Waals surface area contributed by atoms with Crippen LogP contribution in [0.15, 0.2) is 48.6 Å². The maximum atomic E-state index is 12.9. The summed E-state index contributed by atoms with van der Waals surface area (Å²) in [5.41, 5.74) is 0. The molecule has 0 aliphatic heterocycles. The molecule has 0 aliphatic rings. The van der Waals surface area contributed by atoms with Crippen molar-refractivity contribution in [3.05, 3.63) is 48.6 Å². The summed E-state index contributed by atoms with van der Waals surface area (Å²) < 4.78 is 16.9. The van der Waals surface area contributed by atoms with Crippen LogP contribution < -0.4 is 0 Å². The Labute approximate surface area is 428 Å². The molecule has 0 heterocycles. The van der Waals surface area contributed by atoms with Gasteiger partial charge >= 0.3 is 17.9 Å². The van der Waals surface area contributed by atoms with Crippen molar-refractivity contribution < 1.29 is 28.6 Å². The average molecular weight is 968 g/mol. The molecule has 69 heavy (non-hydrogen) atoms. The summed E-state index contributed by atoms with van der Waals surface area (Å²) >= 11 is 0. The molecule has 0 aromatic carbocycles. The minimum absolute atomic E-state index is 0.0815. The fraction of sp³-hybridized carbons (Fsp3) is 0.825. The second kappa shape index (κ2) is 57.9. The summed E-state index contributed by atoms with van der Waals surface area (Å²) in [4.78, 5) is 38.2. The first-order valence-electron chi connectivity index (χ1n) is 30.2. The van der Waals surface area contributed by atoms with E-state index in [1.807, 2.05) is 0 Å². The van der Waals surface area contributed by atoms with Crippen molar-refractivity contribution in [1.29, 1.82) is 0 Å². The Kier molecular flexibility index (Phi) is 55.7. The predicted octanol–water partition coefficient (Wildman–Crippen LogP) is 20.2. The first-order valence-corrected chi connectivity index (χ1v) is 30.2. The molecule has 1 atom stereocenters. The lowest BCUT2D eigenvalue weighted by Crippen LogP contribution is -2.30. The maximum absolute atomic E-state index is 12.9. The second-order valence-electron chi connectivity index (χ2n) is 20.3. The Morgan fingerprint density at radius 2 is 0.507 bits per heavy atom. The monoisotopic (exact) mass is 967 g/mol. The van der Waals surface area contributed by atoms with Crippen LogP contribution in [0.3, 0.4) is 0 Å². The van der Waals surface area contributed by atoms with E-state index in [9.17, 15) is 14.4 Å². The van der Waals surface area contributed by atoms with Crippen LogP contribution in [0.25, 0.3) is 0 Å². The van der Waals surface area contributed by atoms with E-state index in [0.29, 0.717) is 19.3 Å². The van der Waals surface area contributed by atoms with Gasteiger partial charge in [-0.25, -0.2) is 0 Å². The summed E-state index contributed by atoms with van der Waals surface area (Å²) in [5, 5.41) is 0. The molecule has 0 saturated carbocycles. The smallest absolute Gasteiger partial charge is 0.306 e. The summed E-state index contributed by atoms with van der Waals surface area (Å²) in [6.07, 6.45) is 71.0. The van der Waals surface area contributed by atoms with E-state index in [4.69, 9.17) is 14.2 Å². The number of hydrogen-bond acceptors (Lipinski definition) is 6. The predicted molar refractivity (Wildman–Crippen MR) is 298 cm³/mol. The van der Waals surface area contributed by atoms with Crippen LogP contribution in [0.5, 0.6) is 0 Å². The highest BCUT2D eigenvalue weighted by Gasteiger charge is 2.19. The lowest BCUT2D eigenvalue weighted by atomic mass is 10.0. The Morgan fingerprint density at radius 3 is 0.768 bits per heavy atom. The number of unbranched alkanes of at least 4 members (excludes halogenated alkanes) is 38. The first kappa shape index (κ1) is 66.4. The van der Waals surface area contributed by atoms with E-state index < -0.39 is 6.10 Å². The molecule has 0 radical (unpaired) electrons. The van der Waals surface area contributed by atoms with Crippen molar-refractivity contribution in [2.45, 2.75) is 322 Å². The Hall–Kier alpha value is -2.63. The van der Waals surface area contributed by atoms with E-state index in [2.05, 4.69) is 69.4 Å². The van der Waals surface area contributed by atoms with Gasteiger partial charge in [0.1, 0.15) is 13.2 Å². The number of ether oxygens (including phenoxy) is 3. The highest BCUT2D eigenvalue weighted by Crippen LogP contribution is 2.16. The molecule has 0 spiro atoms. The fourth-order valence-corrected chi connectivity index (χ4v) is 8.78. The molecule has 0 aliphatic carbocycles. The van der Waals surface area contributed by atoms with Crippen molar-refractivity contribution in [2.24, 2.45) is 0 Å². The van der Waals surface area contributed by atoms with Gasteiger partial charge in [-0.05, 0) is 70.6 Å². The first-order chi connectivity index (χ1) is 34.0. The average Bonchev–Trinajstić information content (AvgIpc) is 3.35. The highest BCUT2D eigenvalue weighted by molar-refractivity contribution is 5.71. The summed E-state index contributed by atoms with van der Waals surface area (Å²) in [5.74, 6) is -0.895. The standard InChI is InChI=1S/C63H114O6/c1-4-7-10-13-16-19-22-25-28-30-32-35-38-41-44-47-50-53-56-62(65)68-59-60(58-67-61(64)55-52-49-46-43-40-37-34-27-24-21-18-15-12-9-6-3)69-63(66)57-54-51-48-45-42-39-36-33-31-29-26-23-20-17-14-11-8-5-2/h28-33,35-36,60H,4-27,34,37-59H2,1-3H3/b30-28-,31-29-,35-32-,36-33-. The van der Waals surface area contributed by atoms with Gasteiger partial charge < -0.3 is 14.2 Å². The minimum Gasteiger partial charge on any atom is -0.462 e. The van der Waals surface area contributed by atoms with Crippen molar-refractivity contribution in [1.82, 2.24) is 0 Å². The Morgan fingerprint density at radius 1 is 0.290 bits per heavy atom. The molecule has 1 unspecified atom stereocenters. The van der Waals surface area contributed by atoms with Crippen molar-refractivity contribution in [2.75, 3.05) is 13.2 Å². The van der Waals surface area contributed by atoms with Crippen LogP contribution in [0.1, 0.15) is 316 Å². The van der Waals surface area contributed by atoms with E-state index in [-0.39, 0.29) is 31.1 Å². The van der Waals surface area contributed by atoms with Gasteiger partial charge in [0.25, 0.3) is 0 Å². The van der Waals surface area contributed by atoms with Gasteiger partial charge in [0.2, 0.25) is 0 Å². The summed E-state index contributed by atoms with van der Waals surface area (Å²) in [6, 6.07) is 0. The number of rotatable bonds is 55. The van der Waals surface area contributed by atoms with E-state index in [1.165, 1.54) is 180 Å². The zero-order valence-electron chi connectivity index (χ0n) is 46.1. The van der Waals surface area contributed by atoms with Crippen LogP contribution in [0.2, 0.25) is 0 Å². The third-order valence-electron chi connectivity index (χ3n) is 13.4. The number of esters is 3. The topological polar surface area (TPSA) is 78.9 Å². The van der Waals surface area contributed by atoms with Gasteiger partial charge in [-0.1, -0.05) is 275 Å². The fourth-order valence-electron chi connectivity index (χ4n) is 8.78. The maximum Gasteiger partial charge on any atom is 0.306 e.